The second-order valence-corrected chi connectivity index (χ2v) is 4.97. The van der Waals surface area contributed by atoms with Crippen LogP contribution in [0.4, 0.5) is 9.93 Å². The Hall–Kier alpha value is -1.83. The molecule has 0 atom stereocenters. The maximum absolute atomic E-state index is 11.7. The molecular weight excluding hydrogens is 254 g/mol. The van der Waals surface area contributed by atoms with Crippen LogP contribution in [0.3, 0.4) is 0 Å². The Labute approximate surface area is 109 Å². The van der Waals surface area contributed by atoms with Gasteiger partial charge in [-0.1, -0.05) is 0 Å². The van der Waals surface area contributed by atoms with Crippen LogP contribution >= 0.6 is 11.3 Å². The maximum atomic E-state index is 11.7. The van der Waals surface area contributed by atoms with Crippen molar-refractivity contribution in [1.29, 1.82) is 0 Å². The molecule has 1 fully saturated rings. The molecule has 98 valence electrons. The van der Waals surface area contributed by atoms with E-state index in [1.54, 1.807) is 17.3 Å². The second kappa shape index (κ2) is 5.21. The second-order valence-electron chi connectivity index (χ2n) is 4.08. The van der Waals surface area contributed by atoms with Gasteiger partial charge in [0.15, 0.2) is 5.13 Å². The fourth-order valence-corrected chi connectivity index (χ4v) is 2.24. The molecular formula is C10H15N5O2S. The van der Waals surface area contributed by atoms with Crippen molar-refractivity contribution in [3.63, 3.8) is 0 Å². The van der Waals surface area contributed by atoms with Crippen molar-refractivity contribution in [2.45, 2.75) is 6.54 Å². The van der Waals surface area contributed by atoms with E-state index in [0.717, 1.165) is 5.69 Å². The fourth-order valence-electron chi connectivity index (χ4n) is 1.67. The van der Waals surface area contributed by atoms with Gasteiger partial charge in [-0.25, -0.2) is 9.78 Å². The van der Waals surface area contributed by atoms with Gasteiger partial charge in [0.2, 0.25) is 5.91 Å². The molecule has 1 aromatic heterocycles. The summed E-state index contributed by atoms with van der Waals surface area (Å²) >= 11 is 1.33. The lowest BCUT2D eigenvalue weighted by Gasteiger charge is -2.15. The summed E-state index contributed by atoms with van der Waals surface area (Å²) in [6, 6.07) is -0.108. The normalized spacial score (nSPS) is 15.3. The summed E-state index contributed by atoms with van der Waals surface area (Å²) < 4.78 is 0. The van der Waals surface area contributed by atoms with Crippen molar-refractivity contribution in [2.24, 2.45) is 0 Å². The third-order valence-corrected chi connectivity index (χ3v) is 3.40. The number of aromatic nitrogens is 1. The number of carbonyl (C=O) groups excluding carboxylic acids is 2. The molecule has 0 radical (unpaired) electrons. The first-order valence-corrected chi connectivity index (χ1v) is 6.41. The minimum absolute atomic E-state index is 0.0861. The SMILES string of the molecule is CN1CCN(CC(=O)NCc2csc(N)n2)C1=O. The van der Waals surface area contributed by atoms with Gasteiger partial charge < -0.3 is 20.9 Å². The maximum Gasteiger partial charge on any atom is 0.320 e. The van der Waals surface area contributed by atoms with E-state index in [2.05, 4.69) is 10.3 Å². The zero-order chi connectivity index (χ0) is 13.1. The lowest BCUT2D eigenvalue weighted by molar-refractivity contribution is -0.121. The van der Waals surface area contributed by atoms with E-state index < -0.39 is 0 Å². The number of amides is 3. The summed E-state index contributed by atoms with van der Waals surface area (Å²) in [4.78, 5) is 30.4. The number of anilines is 1. The van der Waals surface area contributed by atoms with E-state index >= 15 is 0 Å². The van der Waals surface area contributed by atoms with Crippen LogP contribution < -0.4 is 11.1 Å². The molecule has 0 aromatic carbocycles. The summed E-state index contributed by atoms with van der Waals surface area (Å²) in [5, 5.41) is 4.99. The molecule has 7 nitrogen and oxygen atoms in total. The Balaban J connectivity index is 1.77. The number of nitrogens with one attached hydrogen (secondary N) is 1. The van der Waals surface area contributed by atoms with Crippen LogP contribution in [0.2, 0.25) is 0 Å². The first-order chi connectivity index (χ1) is 8.56. The summed E-state index contributed by atoms with van der Waals surface area (Å²) in [6.45, 7) is 1.67. The van der Waals surface area contributed by atoms with Gasteiger partial charge in [-0.2, -0.15) is 0 Å². The lowest BCUT2D eigenvalue weighted by Crippen LogP contribution is -2.39. The average Bonchev–Trinajstić information content (AvgIpc) is 2.88. The molecule has 0 aliphatic carbocycles. The van der Waals surface area contributed by atoms with Gasteiger partial charge in [-0.15, -0.1) is 11.3 Å². The summed E-state index contributed by atoms with van der Waals surface area (Å²) in [5.74, 6) is -0.190. The number of nitrogens with two attached hydrogens (primary N) is 1. The largest absolute Gasteiger partial charge is 0.375 e. The number of hydrogen-bond acceptors (Lipinski definition) is 5. The predicted octanol–water partition coefficient (Wildman–Crippen LogP) is -0.291. The first kappa shape index (κ1) is 12.6. The fraction of sp³-hybridized carbons (Fsp3) is 0.500. The number of thiazole rings is 1. The quantitative estimate of drug-likeness (QED) is 0.785. The highest BCUT2D eigenvalue weighted by Crippen LogP contribution is 2.10. The number of nitrogens with zero attached hydrogens (tertiary/aromatic N) is 3. The minimum atomic E-state index is -0.190. The smallest absolute Gasteiger partial charge is 0.320 e. The van der Waals surface area contributed by atoms with Gasteiger partial charge in [0.25, 0.3) is 0 Å². The first-order valence-electron chi connectivity index (χ1n) is 5.53. The van der Waals surface area contributed by atoms with E-state index in [-0.39, 0.29) is 18.5 Å². The van der Waals surface area contributed by atoms with Crippen LogP contribution in [0.15, 0.2) is 5.38 Å². The van der Waals surface area contributed by atoms with Crippen LogP contribution in [-0.2, 0) is 11.3 Å². The van der Waals surface area contributed by atoms with Gasteiger partial charge in [0.05, 0.1) is 12.2 Å². The summed E-state index contributed by atoms with van der Waals surface area (Å²) in [7, 11) is 1.72. The van der Waals surface area contributed by atoms with Gasteiger partial charge >= 0.3 is 6.03 Å². The van der Waals surface area contributed by atoms with Crippen LogP contribution in [0.1, 0.15) is 5.69 Å². The van der Waals surface area contributed by atoms with Crippen LogP contribution in [0.25, 0.3) is 0 Å². The highest BCUT2D eigenvalue weighted by Gasteiger charge is 2.26. The molecule has 0 spiro atoms. The van der Waals surface area contributed by atoms with E-state index in [4.69, 9.17) is 5.73 Å². The van der Waals surface area contributed by atoms with E-state index in [0.29, 0.717) is 24.8 Å². The number of hydrogen-bond donors (Lipinski definition) is 2. The molecule has 18 heavy (non-hydrogen) atoms. The highest BCUT2D eigenvalue weighted by atomic mass is 32.1. The third kappa shape index (κ3) is 2.89. The van der Waals surface area contributed by atoms with Crippen molar-refractivity contribution in [1.82, 2.24) is 20.1 Å². The van der Waals surface area contributed by atoms with Gasteiger partial charge in [0, 0.05) is 25.5 Å². The Morgan fingerprint density at radius 2 is 2.39 bits per heavy atom. The van der Waals surface area contributed by atoms with Crippen molar-refractivity contribution >= 4 is 28.4 Å². The van der Waals surface area contributed by atoms with Crippen LogP contribution in [-0.4, -0.2) is 53.4 Å². The van der Waals surface area contributed by atoms with Crippen molar-refractivity contribution in [2.75, 3.05) is 32.4 Å². The zero-order valence-electron chi connectivity index (χ0n) is 10.0. The van der Waals surface area contributed by atoms with Crippen molar-refractivity contribution < 1.29 is 9.59 Å². The van der Waals surface area contributed by atoms with Crippen LogP contribution in [0.5, 0.6) is 0 Å². The molecule has 1 aliphatic heterocycles. The molecule has 0 bridgehead atoms. The molecule has 3 N–H and O–H groups in total. The monoisotopic (exact) mass is 269 g/mol. The molecule has 1 aliphatic rings. The molecule has 0 saturated carbocycles. The van der Waals surface area contributed by atoms with Gasteiger partial charge in [0.1, 0.15) is 6.54 Å². The highest BCUT2D eigenvalue weighted by molar-refractivity contribution is 7.13. The Bertz CT molecular complexity index is 461. The zero-order valence-corrected chi connectivity index (χ0v) is 10.9. The number of carbonyl (C=O) groups is 2. The predicted molar refractivity (Wildman–Crippen MR) is 68.0 cm³/mol. The van der Waals surface area contributed by atoms with Crippen molar-refractivity contribution in [3.05, 3.63) is 11.1 Å². The summed E-state index contributed by atoms with van der Waals surface area (Å²) in [5.41, 5.74) is 6.22. The van der Waals surface area contributed by atoms with Crippen LogP contribution in [0, 0.1) is 0 Å². The number of rotatable bonds is 4. The topological polar surface area (TPSA) is 91.6 Å². The molecule has 3 amide bonds. The Morgan fingerprint density at radius 3 is 2.94 bits per heavy atom. The number of urea groups is 1. The molecule has 1 aromatic rings. The van der Waals surface area contributed by atoms with E-state index in [9.17, 15) is 9.59 Å². The minimum Gasteiger partial charge on any atom is -0.375 e. The molecule has 8 heteroatoms. The number of nitrogen functional groups attached to an aromatic ring is 1. The van der Waals surface area contributed by atoms with Gasteiger partial charge in [-0.05, 0) is 0 Å². The number of likely N-dealkylation sites (N-methyl/N-ethyl adjacent to an activating group) is 1. The van der Waals surface area contributed by atoms with E-state index in [1.807, 2.05) is 0 Å². The molecule has 1 saturated heterocycles. The standard InChI is InChI=1S/C10H15N5O2S/c1-14-2-3-15(10(14)17)5-8(16)12-4-7-6-18-9(11)13-7/h6H,2-5H2,1H3,(H2,11,13)(H,12,16). The molecule has 2 heterocycles. The molecule has 2 rings (SSSR count). The van der Waals surface area contributed by atoms with Crippen molar-refractivity contribution in [3.8, 4) is 0 Å². The summed E-state index contributed by atoms with van der Waals surface area (Å²) in [6.07, 6.45) is 0. The third-order valence-electron chi connectivity index (χ3n) is 2.67. The average molecular weight is 269 g/mol. The Morgan fingerprint density at radius 1 is 1.61 bits per heavy atom. The lowest BCUT2D eigenvalue weighted by atomic mass is 10.4. The van der Waals surface area contributed by atoms with E-state index in [1.165, 1.54) is 16.2 Å². The van der Waals surface area contributed by atoms with Gasteiger partial charge in [-0.3, -0.25) is 4.79 Å². The molecule has 0 unspecified atom stereocenters. The Kier molecular flexibility index (Phi) is 3.66.